The van der Waals surface area contributed by atoms with E-state index in [0.29, 0.717) is 6.07 Å². The van der Waals surface area contributed by atoms with E-state index >= 15 is 0 Å². The van der Waals surface area contributed by atoms with E-state index in [2.05, 4.69) is 5.32 Å². The van der Waals surface area contributed by atoms with Gasteiger partial charge in [-0.05, 0) is 30.5 Å². The molecular weight excluding hydrogens is 246 g/mol. The van der Waals surface area contributed by atoms with Gasteiger partial charge in [0, 0.05) is 12.6 Å². The first kappa shape index (κ1) is 13.3. The summed E-state index contributed by atoms with van der Waals surface area (Å²) < 4.78 is 51.1. The Bertz CT molecular complexity index is 408. The number of alkyl halides is 3. The first-order valence-corrected chi connectivity index (χ1v) is 6.06. The van der Waals surface area contributed by atoms with Crippen LogP contribution in [0.5, 0.6) is 0 Å². The molecule has 0 amide bonds. The zero-order valence-electron chi connectivity index (χ0n) is 9.86. The summed E-state index contributed by atoms with van der Waals surface area (Å²) in [6.07, 6.45) is -0.264. The Morgan fingerprint density at radius 2 is 1.83 bits per heavy atom. The minimum Gasteiger partial charge on any atom is -0.310 e. The first-order valence-electron chi connectivity index (χ1n) is 6.06. The lowest BCUT2D eigenvalue weighted by molar-refractivity contribution is -0.138. The number of rotatable bonds is 3. The lowest BCUT2D eigenvalue weighted by atomic mass is 10.1. The second-order valence-corrected chi connectivity index (χ2v) is 4.66. The van der Waals surface area contributed by atoms with Gasteiger partial charge in [-0.2, -0.15) is 13.2 Å². The summed E-state index contributed by atoms with van der Waals surface area (Å²) in [5.41, 5.74) is -0.774. The topological polar surface area (TPSA) is 12.0 Å². The SMILES string of the molecule is Fc1ccc(CNC2CCCC2)c(C(F)(F)F)c1. The molecule has 1 aliphatic carbocycles. The van der Waals surface area contributed by atoms with E-state index in [9.17, 15) is 17.6 Å². The molecule has 0 bridgehead atoms. The molecule has 0 aliphatic heterocycles. The number of hydrogen-bond donors (Lipinski definition) is 1. The quantitative estimate of drug-likeness (QED) is 0.814. The van der Waals surface area contributed by atoms with Gasteiger partial charge < -0.3 is 5.32 Å². The molecule has 1 aliphatic rings. The normalized spacial score (nSPS) is 17.3. The van der Waals surface area contributed by atoms with Crippen LogP contribution in [0.25, 0.3) is 0 Å². The molecule has 1 nitrogen and oxygen atoms in total. The number of nitrogens with one attached hydrogen (secondary N) is 1. The summed E-state index contributed by atoms with van der Waals surface area (Å²) in [6.45, 7) is 0.139. The van der Waals surface area contributed by atoms with Gasteiger partial charge in [-0.3, -0.25) is 0 Å². The fourth-order valence-electron chi connectivity index (χ4n) is 2.35. The number of halogens is 4. The van der Waals surface area contributed by atoms with Crippen molar-refractivity contribution < 1.29 is 17.6 Å². The molecule has 18 heavy (non-hydrogen) atoms. The van der Waals surface area contributed by atoms with Crippen LogP contribution in [0.15, 0.2) is 18.2 Å². The molecular formula is C13H15F4N. The molecule has 0 aromatic heterocycles. The van der Waals surface area contributed by atoms with Gasteiger partial charge in [0.25, 0.3) is 0 Å². The molecule has 2 rings (SSSR count). The highest BCUT2D eigenvalue weighted by molar-refractivity contribution is 5.30. The van der Waals surface area contributed by atoms with Crippen LogP contribution < -0.4 is 5.32 Å². The smallest absolute Gasteiger partial charge is 0.310 e. The molecule has 0 spiro atoms. The third-order valence-corrected chi connectivity index (χ3v) is 3.31. The molecule has 1 fully saturated rings. The van der Waals surface area contributed by atoms with Crippen molar-refractivity contribution in [2.45, 2.75) is 44.4 Å². The van der Waals surface area contributed by atoms with Crippen LogP contribution in [0.1, 0.15) is 36.8 Å². The molecule has 1 saturated carbocycles. The van der Waals surface area contributed by atoms with Gasteiger partial charge in [-0.25, -0.2) is 4.39 Å². The Morgan fingerprint density at radius 3 is 2.44 bits per heavy atom. The Morgan fingerprint density at radius 1 is 1.17 bits per heavy atom. The molecule has 1 N–H and O–H groups in total. The summed E-state index contributed by atoms with van der Waals surface area (Å²) in [5.74, 6) is -0.855. The maximum atomic E-state index is 12.9. The molecule has 100 valence electrons. The van der Waals surface area contributed by atoms with E-state index in [1.54, 1.807) is 0 Å². The molecule has 0 unspecified atom stereocenters. The van der Waals surface area contributed by atoms with Crippen molar-refractivity contribution in [3.05, 3.63) is 35.1 Å². The molecule has 0 radical (unpaired) electrons. The summed E-state index contributed by atoms with van der Waals surface area (Å²) in [4.78, 5) is 0. The van der Waals surface area contributed by atoms with Crippen LogP contribution in [0.2, 0.25) is 0 Å². The predicted molar refractivity (Wildman–Crippen MR) is 60.5 cm³/mol. The van der Waals surface area contributed by atoms with Crippen molar-refractivity contribution in [2.75, 3.05) is 0 Å². The fraction of sp³-hybridized carbons (Fsp3) is 0.538. The maximum absolute atomic E-state index is 12.9. The molecule has 0 saturated heterocycles. The van der Waals surface area contributed by atoms with E-state index < -0.39 is 17.6 Å². The van der Waals surface area contributed by atoms with Crippen molar-refractivity contribution in [3.63, 3.8) is 0 Å². The Balaban J connectivity index is 2.11. The second kappa shape index (κ2) is 5.26. The third-order valence-electron chi connectivity index (χ3n) is 3.31. The van der Waals surface area contributed by atoms with Crippen LogP contribution >= 0.6 is 0 Å². The van der Waals surface area contributed by atoms with E-state index in [-0.39, 0.29) is 18.2 Å². The monoisotopic (exact) mass is 261 g/mol. The molecule has 5 heteroatoms. The van der Waals surface area contributed by atoms with Crippen molar-refractivity contribution >= 4 is 0 Å². The maximum Gasteiger partial charge on any atom is 0.416 e. The number of benzene rings is 1. The molecule has 0 atom stereocenters. The van der Waals surface area contributed by atoms with Gasteiger partial charge in [0.05, 0.1) is 5.56 Å². The van der Waals surface area contributed by atoms with Gasteiger partial charge in [0.15, 0.2) is 0 Å². The van der Waals surface area contributed by atoms with Crippen LogP contribution in [0.3, 0.4) is 0 Å². The number of hydrogen-bond acceptors (Lipinski definition) is 1. The Kier molecular flexibility index (Phi) is 3.90. The van der Waals surface area contributed by atoms with Gasteiger partial charge in [-0.1, -0.05) is 18.9 Å². The summed E-state index contributed by atoms with van der Waals surface area (Å²) >= 11 is 0. The lowest BCUT2D eigenvalue weighted by Gasteiger charge is -2.16. The van der Waals surface area contributed by atoms with Crippen LogP contribution in [-0.2, 0) is 12.7 Å². The summed E-state index contributed by atoms with van der Waals surface area (Å²) in [5, 5.41) is 3.11. The highest BCUT2D eigenvalue weighted by Crippen LogP contribution is 2.32. The molecule has 0 heterocycles. The van der Waals surface area contributed by atoms with E-state index in [1.807, 2.05) is 0 Å². The minimum atomic E-state index is -4.51. The van der Waals surface area contributed by atoms with Crippen LogP contribution in [0, 0.1) is 5.82 Å². The fourth-order valence-corrected chi connectivity index (χ4v) is 2.35. The third kappa shape index (κ3) is 3.22. The Hall–Kier alpha value is -1.10. The highest BCUT2D eigenvalue weighted by Gasteiger charge is 2.33. The van der Waals surface area contributed by atoms with Crippen molar-refractivity contribution in [1.82, 2.24) is 5.32 Å². The van der Waals surface area contributed by atoms with Gasteiger partial charge >= 0.3 is 6.18 Å². The van der Waals surface area contributed by atoms with Crippen LogP contribution in [0.4, 0.5) is 17.6 Å². The van der Waals surface area contributed by atoms with Crippen molar-refractivity contribution in [2.24, 2.45) is 0 Å². The van der Waals surface area contributed by atoms with E-state index in [1.165, 1.54) is 6.07 Å². The zero-order chi connectivity index (χ0) is 13.2. The standard InChI is InChI=1S/C13H15F4N/c14-10-6-5-9(12(7-10)13(15,16)17)8-18-11-3-1-2-4-11/h5-7,11,18H,1-4,8H2. The van der Waals surface area contributed by atoms with Gasteiger partial charge in [-0.15, -0.1) is 0 Å². The minimum absolute atomic E-state index is 0.107. The summed E-state index contributed by atoms with van der Waals surface area (Å²) in [6, 6.07) is 3.13. The molecule has 1 aromatic carbocycles. The Labute approximate surface area is 103 Å². The largest absolute Gasteiger partial charge is 0.416 e. The highest BCUT2D eigenvalue weighted by atomic mass is 19.4. The van der Waals surface area contributed by atoms with E-state index in [0.717, 1.165) is 31.7 Å². The van der Waals surface area contributed by atoms with Crippen molar-refractivity contribution in [3.8, 4) is 0 Å². The second-order valence-electron chi connectivity index (χ2n) is 4.66. The van der Waals surface area contributed by atoms with E-state index in [4.69, 9.17) is 0 Å². The zero-order valence-corrected chi connectivity index (χ0v) is 9.86. The van der Waals surface area contributed by atoms with Gasteiger partial charge in [0.1, 0.15) is 5.82 Å². The first-order chi connectivity index (χ1) is 8.47. The van der Waals surface area contributed by atoms with Crippen molar-refractivity contribution in [1.29, 1.82) is 0 Å². The average molecular weight is 261 g/mol. The average Bonchev–Trinajstić information content (AvgIpc) is 2.79. The summed E-state index contributed by atoms with van der Waals surface area (Å²) in [7, 11) is 0. The lowest BCUT2D eigenvalue weighted by Crippen LogP contribution is -2.26. The molecule has 1 aromatic rings. The van der Waals surface area contributed by atoms with Crippen LogP contribution in [-0.4, -0.2) is 6.04 Å². The predicted octanol–water partition coefficient (Wildman–Crippen LogP) is 3.88. The van der Waals surface area contributed by atoms with Gasteiger partial charge in [0.2, 0.25) is 0 Å².